The Morgan fingerprint density at radius 3 is 1.44 bits per heavy atom. The van der Waals surface area contributed by atoms with Gasteiger partial charge in [0.05, 0.1) is 28.5 Å². The molecule has 0 bridgehead atoms. The van der Waals surface area contributed by atoms with Crippen LogP contribution in [0.4, 0.5) is 0 Å². The topological polar surface area (TPSA) is 267 Å². The lowest BCUT2D eigenvalue weighted by atomic mass is 9.89. The molecule has 0 aliphatic carbocycles. The minimum Gasteiger partial charge on any atom is -0.480 e. The van der Waals surface area contributed by atoms with Crippen molar-refractivity contribution in [3.05, 3.63) is 122 Å². The normalized spacial score (nSPS) is 17.3. The molecule has 436 valence electrons. The first-order valence-corrected chi connectivity index (χ1v) is 27.6. The van der Waals surface area contributed by atoms with E-state index in [4.69, 9.17) is 9.84 Å². The minimum absolute atomic E-state index is 0.0597. The molecule has 4 aromatic rings. The molecule has 2 fully saturated rings. The number of carboxylic acids is 1. The molecule has 2 saturated heterocycles. The quantitative estimate of drug-likeness (QED) is 0.0303. The Labute approximate surface area is 475 Å². The smallest absolute Gasteiger partial charge is 0.325 e. The summed E-state index contributed by atoms with van der Waals surface area (Å²) in [4.78, 5) is 108. The number of carbonyl (C=O) groups excluding carboxylic acids is 7. The second-order valence-electron chi connectivity index (χ2n) is 21.1. The first-order valence-electron chi connectivity index (χ1n) is 27.6. The molecule has 81 heavy (non-hydrogen) atoms. The Balaban J connectivity index is 0.000000292. The second kappa shape index (κ2) is 31.9. The number of aliphatic carboxylic acids is 1. The summed E-state index contributed by atoms with van der Waals surface area (Å²) in [5.74, 6) is -4.30. The molecule has 2 aromatic carbocycles. The number of benzene rings is 2. The molecule has 0 spiro atoms. The number of carboxylic acid groups (broad SMARTS) is 1. The summed E-state index contributed by atoms with van der Waals surface area (Å²) in [5, 5.41) is 28.6. The van der Waals surface area contributed by atoms with E-state index in [-0.39, 0.29) is 66.8 Å². The number of esters is 1. The van der Waals surface area contributed by atoms with Crippen LogP contribution in [0.2, 0.25) is 0 Å². The van der Waals surface area contributed by atoms with Crippen molar-refractivity contribution in [3.8, 4) is 0 Å². The van der Waals surface area contributed by atoms with E-state index in [1.54, 1.807) is 39.8 Å². The highest BCUT2D eigenvalue weighted by Gasteiger charge is 2.35. The Morgan fingerprint density at radius 1 is 0.630 bits per heavy atom. The maximum atomic E-state index is 13.1. The van der Waals surface area contributed by atoms with E-state index in [0.29, 0.717) is 38.8 Å². The molecule has 4 heterocycles. The number of rotatable bonds is 23. The third-order valence-electron chi connectivity index (χ3n) is 14.0. The van der Waals surface area contributed by atoms with Crippen LogP contribution in [0.3, 0.4) is 0 Å². The van der Waals surface area contributed by atoms with Gasteiger partial charge in [-0.15, -0.1) is 13.2 Å². The summed E-state index contributed by atoms with van der Waals surface area (Å²) in [5.41, 5.74) is 10.6. The number of amides is 4. The number of carbonyl (C=O) groups is 8. The molecule has 19 heteroatoms. The number of hydrogen-bond acceptors (Lipinski definition) is 14. The highest BCUT2D eigenvalue weighted by molar-refractivity contribution is 5.93. The zero-order chi connectivity index (χ0) is 60.1. The van der Waals surface area contributed by atoms with Gasteiger partial charge in [0.2, 0.25) is 11.8 Å². The third-order valence-corrected chi connectivity index (χ3v) is 14.0. The summed E-state index contributed by atoms with van der Waals surface area (Å²) in [6, 6.07) is 16.1. The van der Waals surface area contributed by atoms with Crippen molar-refractivity contribution < 1.29 is 53.3 Å². The monoisotopic (exact) mass is 1110 g/mol. The van der Waals surface area contributed by atoms with E-state index in [2.05, 4.69) is 57.8 Å². The molecule has 2 aliphatic rings. The first-order chi connectivity index (χ1) is 38.4. The number of fused-ring (bicyclic) bond motifs is 2. The number of aromatic nitrogens is 2. The van der Waals surface area contributed by atoms with Crippen LogP contribution in [0.25, 0.3) is 34.0 Å². The predicted molar refractivity (Wildman–Crippen MR) is 313 cm³/mol. The summed E-state index contributed by atoms with van der Waals surface area (Å²) in [7, 11) is 0. The predicted octanol–water partition coefficient (Wildman–Crippen LogP) is 8.10. The van der Waals surface area contributed by atoms with Crippen LogP contribution in [0.5, 0.6) is 0 Å². The molecule has 4 amide bonds. The van der Waals surface area contributed by atoms with Crippen LogP contribution in [0, 0.1) is 23.7 Å². The number of ketones is 2. The fourth-order valence-electron chi connectivity index (χ4n) is 9.08. The summed E-state index contributed by atoms with van der Waals surface area (Å²) in [6.07, 6.45) is 8.17. The van der Waals surface area contributed by atoms with Gasteiger partial charge in [0.25, 0.3) is 11.8 Å². The van der Waals surface area contributed by atoms with Gasteiger partial charge in [-0.1, -0.05) is 89.4 Å². The lowest BCUT2D eigenvalue weighted by Gasteiger charge is -2.35. The van der Waals surface area contributed by atoms with Crippen LogP contribution < -0.4 is 21.5 Å². The van der Waals surface area contributed by atoms with Gasteiger partial charge in [0, 0.05) is 61.4 Å². The molecule has 19 nitrogen and oxygen atoms in total. The van der Waals surface area contributed by atoms with Crippen LogP contribution in [0.1, 0.15) is 141 Å². The third kappa shape index (κ3) is 19.8. The minimum atomic E-state index is -1.01. The fraction of sp³-hybridized carbons (Fsp3) is 0.452. The maximum absolute atomic E-state index is 13.1. The zero-order valence-corrected chi connectivity index (χ0v) is 48.1. The van der Waals surface area contributed by atoms with E-state index in [0.717, 1.165) is 44.3 Å². The number of nitrogens with one attached hydrogen (secondary N) is 4. The van der Waals surface area contributed by atoms with Crippen molar-refractivity contribution in [2.24, 2.45) is 23.7 Å². The summed E-state index contributed by atoms with van der Waals surface area (Å²) < 4.78 is 5.75. The molecule has 0 unspecified atom stereocenters. The number of hydrazine groups is 2. The number of aliphatic hydroxyl groups excluding tert-OH is 1. The Morgan fingerprint density at radius 2 is 1.04 bits per heavy atom. The summed E-state index contributed by atoms with van der Waals surface area (Å²) >= 11 is 0. The van der Waals surface area contributed by atoms with E-state index in [9.17, 15) is 43.5 Å². The van der Waals surface area contributed by atoms with E-state index in [1.807, 2.05) is 88.4 Å². The lowest BCUT2D eigenvalue weighted by Crippen LogP contribution is -2.59. The lowest BCUT2D eigenvalue weighted by molar-refractivity contribution is -0.157. The van der Waals surface area contributed by atoms with E-state index >= 15 is 0 Å². The standard InChI is InChI=1S/C31H40N4O5.C18H29N3O5.C13H13NO/c1-7-10-25(36)18-26(19(3)4)29(37)32-20(5)30(38)35-16-9-11-27(34-35)31(39)40-21(6)23-13-12-22-14-15-24(8-2)33-28(22)17-23;1-5-7-13(22)10-14(11(2)3)16(23)19-12(4)17(24)21-9-6-8-15(20-21)18(25)26;1-3-12-7-6-10-4-5-11(9(2)15)8-13(10)14-12/h7-8,12-15,17,19-21,26-27,34H,1-2,9-11,16,18H2,3-6H3,(H,32,37);5,11-12,14-15,20H,1,6-10H2,2-4H3,(H,19,23)(H,25,26);3-9,15H,1H2,2H3/t20-,21+,26-,27-;12-,14-,15-;9-/m001/s1. The molecular formula is C62H82N8O11. The fourth-order valence-corrected chi connectivity index (χ4v) is 9.08. The van der Waals surface area contributed by atoms with E-state index in [1.165, 1.54) is 22.2 Å². The molecule has 0 saturated carbocycles. The zero-order valence-electron chi connectivity index (χ0n) is 48.1. The molecule has 6 N–H and O–H groups in total. The number of aliphatic hydroxyl groups is 1. The van der Waals surface area contributed by atoms with Crippen molar-refractivity contribution in [3.63, 3.8) is 0 Å². The second-order valence-corrected chi connectivity index (χ2v) is 21.1. The highest BCUT2D eigenvalue weighted by atomic mass is 16.5. The Hall–Kier alpha value is -7.74. The molecule has 2 aliphatic heterocycles. The van der Waals surface area contributed by atoms with Crippen molar-refractivity contribution in [1.82, 2.24) is 41.5 Å². The molecule has 8 atom stereocenters. The average molecular weight is 1120 g/mol. The number of Topliss-reactive ketones (excluding diaryl/α,β-unsaturated/α-hetero) is 2. The van der Waals surface area contributed by atoms with Crippen molar-refractivity contribution in [2.75, 3.05) is 13.1 Å². The van der Waals surface area contributed by atoms with Gasteiger partial charge >= 0.3 is 11.9 Å². The van der Waals surface area contributed by atoms with Gasteiger partial charge in [0.15, 0.2) is 0 Å². The van der Waals surface area contributed by atoms with Gasteiger partial charge in [-0.05, 0) is 113 Å². The molecule has 6 rings (SSSR count). The van der Waals surface area contributed by atoms with E-state index < -0.39 is 66.1 Å². The molecular weight excluding hydrogens is 1030 g/mol. The maximum Gasteiger partial charge on any atom is 0.325 e. The van der Waals surface area contributed by atoms with Gasteiger partial charge in [-0.3, -0.25) is 48.4 Å². The molecule has 0 radical (unpaired) electrons. The van der Waals surface area contributed by atoms with Gasteiger partial charge < -0.3 is 25.6 Å². The largest absolute Gasteiger partial charge is 0.480 e. The van der Waals surface area contributed by atoms with Crippen molar-refractivity contribution in [1.29, 1.82) is 0 Å². The van der Waals surface area contributed by atoms with Crippen LogP contribution in [0.15, 0.2) is 99.1 Å². The van der Waals surface area contributed by atoms with Crippen molar-refractivity contribution >= 4 is 81.1 Å². The Bertz CT molecular complexity index is 2920. The van der Waals surface area contributed by atoms with Gasteiger partial charge in [-0.25, -0.2) is 20.8 Å². The molecule has 2 aromatic heterocycles. The van der Waals surface area contributed by atoms with Crippen LogP contribution in [-0.4, -0.2) is 115 Å². The Kier molecular flexibility index (Phi) is 25.9. The average Bonchev–Trinajstić information content (AvgIpc) is 3.45. The SMILES string of the molecule is C=CCC(=O)C[C@H](C(=O)N[C@@H](C)C(=O)N1CCC[C@@H](C(=O)O)N1)C(C)C.C=CCC(=O)C[C@H](C(=O)N[C@@H](C)C(=O)N1CCC[C@@H](C(=O)O[C@H](C)c2ccc3ccc(C=C)nc3c2)N1)C(C)C.C=Cc1ccc2ccc([C@@H](C)O)cc2n1. The number of ether oxygens (including phenoxy) is 1. The highest BCUT2D eigenvalue weighted by Crippen LogP contribution is 2.25. The first kappa shape index (κ1) is 65.8. The summed E-state index contributed by atoms with van der Waals surface area (Å²) in [6.45, 7) is 29.4. The number of allylic oxidation sites excluding steroid dienone is 2. The van der Waals surface area contributed by atoms with Crippen LogP contribution in [-0.2, 0) is 43.1 Å². The number of nitrogens with zero attached hydrogens (tertiary/aromatic N) is 4. The number of pyridine rings is 2. The number of hydrogen-bond donors (Lipinski definition) is 6. The van der Waals surface area contributed by atoms with Gasteiger partial charge in [-0.2, -0.15) is 0 Å². The van der Waals surface area contributed by atoms with Crippen LogP contribution >= 0.6 is 0 Å². The van der Waals surface area contributed by atoms with Crippen molar-refractivity contribution in [2.45, 2.75) is 143 Å². The van der Waals surface area contributed by atoms with Gasteiger partial charge in [0.1, 0.15) is 41.8 Å².